The maximum Gasteiger partial charge on any atom is 0.234 e. The van der Waals surface area contributed by atoms with Crippen LogP contribution in [0, 0.1) is 5.92 Å². The van der Waals surface area contributed by atoms with Crippen molar-refractivity contribution in [1.82, 2.24) is 30.7 Å². The Bertz CT molecular complexity index is 488. The van der Waals surface area contributed by atoms with E-state index >= 15 is 0 Å². The highest BCUT2D eigenvalue weighted by Gasteiger charge is 2.55. The zero-order chi connectivity index (χ0) is 17.3. The van der Waals surface area contributed by atoms with Gasteiger partial charge >= 0.3 is 0 Å². The summed E-state index contributed by atoms with van der Waals surface area (Å²) in [6.45, 7) is 11.6. The molecule has 7 heteroatoms. The first kappa shape index (κ1) is 17.7. The highest BCUT2D eigenvalue weighted by atomic mass is 16.2. The van der Waals surface area contributed by atoms with Crippen molar-refractivity contribution in [2.45, 2.75) is 24.4 Å². The number of carbonyl (C=O) groups is 1. The van der Waals surface area contributed by atoms with Crippen LogP contribution < -0.4 is 16.0 Å². The average molecular weight is 351 g/mol. The standard InChI is InChI=1S/C18H34N6O/c1-22-7-5-21-18(14-22)10-15(18)11-24-9-3-19-16(12-24)2-6-23-8-4-20-17(25)13-23/h15-16,19,21H,2-14H2,1H3,(H,20,25). The van der Waals surface area contributed by atoms with Crippen LogP contribution in [0.1, 0.15) is 12.8 Å². The number of carbonyl (C=O) groups excluding carboxylic acids is 1. The van der Waals surface area contributed by atoms with Gasteiger partial charge in [0.2, 0.25) is 5.91 Å². The van der Waals surface area contributed by atoms with E-state index in [1.54, 1.807) is 0 Å². The van der Waals surface area contributed by atoms with Crippen LogP contribution in [-0.4, -0.2) is 111 Å². The number of likely N-dealkylation sites (N-methyl/N-ethyl adjacent to an activating group) is 1. The van der Waals surface area contributed by atoms with Gasteiger partial charge in [-0.1, -0.05) is 0 Å². The largest absolute Gasteiger partial charge is 0.354 e. The minimum absolute atomic E-state index is 0.175. The number of hydrogen-bond donors (Lipinski definition) is 3. The molecule has 4 aliphatic rings. The van der Waals surface area contributed by atoms with Gasteiger partial charge in [-0.05, 0) is 25.8 Å². The zero-order valence-electron chi connectivity index (χ0n) is 15.6. The van der Waals surface area contributed by atoms with E-state index in [2.05, 4.69) is 37.7 Å². The molecule has 3 atom stereocenters. The third-order valence-corrected chi connectivity index (χ3v) is 6.48. The Balaban J connectivity index is 1.20. The Labute approximate surface area is 151 Å². The molecule has 0 radical (unpaired) electrons. The van der Waals surface area contributed by atoms with Gasteiger partial charge in [0.05, 0.1) is 6.54 Å². The second-order valence-corrected chi connectivity index (χ2v) is 8.55. The maximum absolute atomic E-state index is 11.5. The molecular weight excluding hydrogens is 316 g/mol. The van der Waals surface area contributed by atoms with Crippen molar-refractivity contribution < 1.29 is 4.79 Å². The molecule has 3 heterocycles. The quantitative estimate of drug-likeness (QED) is 0.554. The molecule has 3 N–H and O–H groups in total. The molecule has 1 spiro atoms. The van der Waals surface area contributed by atoms with Gasteiger partial charge in [0, 0.05) is 77.0 Å². The Morgan fingerprint density at radius 3 is 2.88 bits per heavy atom. The van der Waals surface area contributed by atoms with E-state index in [1.165, 1.54) is 32.6 Å². The molecule has 1 amide bonds. The second-order valence-electron chi connectivity index (χ2n) is 8.55. The molecule has 0 aromatic rings. The van der Waals surface area contributed by atoms with Crippen molar-refractivity contribution in [2.75, 3.05) is 79.0 Å². The lowest BCUT2D eigenvalue weighted by molar-refractivity contribution is -0.124. The summed E-state index contributed by atoms with van der Waals surface area (Å²) >= 11 is 0. The van der Waals surface area contributed by atoms with Gasteiger partial charge in [0.25, 0.3) is 0 Å². The van der Waals surface area contributed by atoms with Gasteiger partial charge in [-0.3, -0.25) is 9.69 Å². The van der Waals surface area contributed by atoms with Crippen LogP contribution in [0.2, 0.25) is 0 Å². The molecule has 1 saturated carbocycles. The number of piperazine rings is 3. The predicted molar refractivity (Wildman–Crippen MR) is 98.6 cm³/mol. The molecule has 0 aromatic carbocycles. The third-order valence-electron chi connectivity index (χ3n) is 6.48. The smallest absolute Gasteiger partial charge is 0.234 e. The van der Waals surface area contributed by atoms with E-state index in [4.69, 9.17) is 0 Å². The minimum atomic E-state index is 0.175. The van der Waals surface area contributed by atoms with Crippen LogP contribution >= 0.6 is 0 Å². The fourth-order valence-corrected chi connectivity index (χ4v) is 4.93. The summed E-state index contributed by atoms with van der Waals surface area (Å²) in [5, 5.41) is 10.4. The van der Waals surface area contributed by atoms with Crippen molar-refractivity contribution in [1.29, 1.82) is 0 Å². The lowest BCUT2D eigenvalue weighted by atomic mass is 10.1. The summed E-state index contributed by atoms with van der Waals surface area (Å²) in [7, 11) is 2.25. The maximum atomic E-state index is 11.5. The Hall–Kier alpha value is -0.730. The highest BCUT2D eigenvalue weighted by molar-refractivity contribution is 5.78. The van der Waals surface area contributed by atoms with Crippen LogP contribution in [-0.2, 0) is 4.79 Å². The van der Waals surface area contributed by atoms with Crippen molar-refractivity contribution >= 4 is 5.91 Å². The number of rotatable bonds is 5. The monoisotopic (exact) mass is 350 g/mol. The summed E-state index contributed by atoms with van der Waals surface area (Å²) in [6.07, 6.45) is 2.48. The molecule has 142 valence electrons. The fourth-order valence-electron chi connectivity index (χ4n) is 4.93. The molecule has 4 rings (SSSR count). The van der Waals surface area contributed by atoms with Gasteiger partial charge in [-0.15, -0.1) is 0 Å². The Morgan fingerprint density at radius 2 is 2.04 bits per heavy atom. The summed E-state index contributed by atoms with van der Waals surface area (Å²) in [4.78, 5) is 18.9. The molecule has 25 heavy (non-hydrogen) atoms. The van der Waals surface area contributed by atoms with Crippen LogP contribution in [0.25, 0.3) is 0 Å². The van der Waals surface area contributed by atoms with Crippen LogP contribution in [0.3, 0.4) is 0 Å². The van der Waals surface area contributed by atoms with E-state index in [0.29, 0.717) is 18.1 Å². The van der Waals surface area contributed by atoms with Gasteiger partial charge in [-0.25, -0.2) is 0 Å². The molecule has 0 aromatic heterocycles. The second kappa shape index (κ2) is 7.48. The Morgan fingerprint density at radius 1 is 1.16 bits per heavy atom. The normalized spacial score (nSPS) is 38.0. The van der Waals surface area contributed by atoms with Crippen LogP contribution in [0.4, 0.5) is 0 Å². The first-order valence-electron chi connectivity index (χ1n) is 10.0. The van der Waals surface area contributed by atoms with E-state index in [1.807, 2.05) is 0 Å². The van der Waals surface area contributed by atoms with E-state index in [0.717, 1.165) is 51.6 Å². The number of hydrogen-bond acceptors (Lipinski definition) is 6. The van der Waals surface area contributed by atoms with E-state index in [-0.39, 0.29) is 5.91 Å². The van der Waals surface area contributed by atoms with E-state index in [9.17, 15) is 4.79 Å². The molecule has 3 saturated heterocycles. The molecule has 3 unspecified atom stereocenters. The topological polar surface area (TPSA) is 62.9 Å². The van der Waals surface area contributed by atoms with Gasteiger partial charge in [-0.2, -0.15) is 0 Å². The van der Waals surface area contributed by atoms with Crippen molar-refractivity contribution in [3.05, 3.63) is 0 Å². The molecule has 7 nitrogen and oxygen atoms in total. The first-order valence-corrected chi connectivity index (χ1v) is 10.0. The molecule has 1 aliphatic carbocycles. The molecule has 0 bridgehead atoms. The van der Waals surface area contributed by atoms with Gasteiger partial charge in [0.1, 0.15) is 0 Å². The summed E-state index contributed by atoms with van der Waals surface area (Å²) in [6, 6.07) is 0.565. The Kier molecular flexibility index (Phi) is 5.29. The lowest BCUT2D eigenvalue weighted by Gasteiger charge is -2.37. The van der Waals surface area contributed by atoms with Gasteiger partial charge < -0.3 is 25.8 Å². The molecular formula is C18H34N6O. The van der Waals surface area contributed by atoms with Crippen molar-refractivity contribution in [2.24, 2.45) is 5.92 Å². The average Bonchev–Trinajstić information content (AvgIpc) is 3.23. The SMILES string of the molecule is CN1CCNC2(CC2CN2CCNC(CCN3CCNC(=O)C3)C2)C1. The summed E-state index contributed by atoms with van der Waals surface area (Å²) < 4.78 is 0. The van der Waals surface area contributed by atoms with Crippen molar-refractivity contribution in [3.8, 4) is 0 Å². The minimum Gasteiger partial charge on any atom is -0.354 e. The predicted octanol–water partition coefficient (Wildman–Crippen LogP) is -1.62. The van der Waals surface area contributed by atoms with Crippen LogP contribution in [0.5, 0.6) is 0 Å². The first-order chi connectivity index (χ1) is 12.1. The highest BCUT2D eigenvalue weighted by Crippen LogP contribution is 2.45. The lowest BCUT2D eigenvalue weighted by Crippen LogP contribution is -2.55. The number of amides is 1. The van der Waals surface area contributed by atoms with Crippen LogP contribution in [0.15, 0.2) is 0 Å². The van der Waals surface area contributed by atoms with Gasteiger partial charge in [0.15, 0.2) is 0 Å². The van der Waals surface area contributed by atoms with E-state index < -0.39 is 0 Å². The molecule has 4 fully saturated rings. The number of nitrogens with one attached hydrogen (secondary N) is 3. The third kappa shape index (κ3) is 4.34. The fraction of sp³-hybridized carbons (Fsp3) is 0.944. The summed E-state index contributed by atoms with van der Waals surface area (Å²) in [5.74, 6) is 0.994. The zero-order valence-corrected chi connectivity index (χ0v) is 15.6. The summed E-state index contributed by atoms with van der Waals surface area (Å²) in [5.41, 5.74) is 0.411. The molecule has 3 aliphatic heterocycles. The van der Waals surface area contributed by atoms with Crippen molar-refractivity contribution in [3.63, 3.8) is 0 Å². The number of nitrogens with zero attached hydrogens (tertiary/aromatic N) is 3.